The van der Waals surface area contributed by atoms with Crippen molar-refractivity contribution in [2.75, 3.05) is 25.6 Å². The van der Waals surface area contributed by atoms with Crippen LogP contribution in [0.25, 0.3) is 0 Å². The fourth-order valence-electron chi connectivity index (χ4n) is 2.74. The van der Waals surface area contributed by atoms with Crippen LogP contribution in [0.4, 0.5) is 4.79 Å². The van der Waals surface area contributed by atoms with Crippen LogP contribution in [0.1, 0.15) is 27.2 Å². The van der Waals surface area contributed by atoms with E-state index in [1.54, 1.807) is 12.2 Å². The van der Waals surface area contributed by atoms with Crippen LogP contribution in [0.2, 0.25) is 18.1 Å². The Morgan fingerprint density at radius 2 is 2.08 bits per heavy atom. The molecule has 7 heteroatoms. The van der Waals surface area contributed by atoms with Gasteiger partial charge in [0.15, 0.2) is 14.1 Å². The van der Waals surface area contributed by atoms with Gasteiger partial charge in [-0.25, -0.2) is 4.48 Å². The Labute approximate surface area is 157 Å². The van der Waals surface area contributed by atoms with Gasteiger partial charge in [-0.1, -0.05) is 27.4 Å². The third-order valence-corrected chi connectivity index (χ3v) is 10.3. The van der Waals surface area contributed by atoms with Crippen LogP contribution in [0.3, 0.4) is 0 Å². The van der Waals surface area contributed by atoms with Crippen molar-refractivity contribution in [2.45, 2.75) is 51.4 Å². The third-order valence-electron chi connectivity index (χ3n) is 5.58. The maximum Gasteiger partial charge on any atom is 0.514 e. The molecule has 0 aromatic heterocycles. The van der Waals surface area contributed by atoms with Crippen LogP contribution in [-0.4, -0.2) is 61.4 Å². The molecular formula is C18H31ClNO4Si+. The predicted molar refractivity (Wildman–Crippen MR) is 104 cm³/mol. The van der Waals surface area contributed by atoms with E-state index in [0.29, 0.717) is 25.1 Å². The predicted octanol–water partition coefficient (Wildman–Crippen LogP) is 4.20. The molecule has 0 fully saturated rings. The van der Waals surface area contributed by atoms with Gasteiger partial charge in [-0.3, -0.25) is 4.79 Å². The summed E-state index contributed by atoms with van der Waals surface area (Å²) >= 11 is 5.68. The summed E-state index contributed by atoms with van der Waals surface area (Å²) in [6.45, 7) is 15.3. The summed E-state index contributed by atoms with van der Waals surface area (Å²) in [7, 11) is -2.03. The molecule has 25 heavy (non-hydrogen) atoms. The van der Waals surface area contributed by atoms with E-state index in [-0.39, 0.29) is 33.8 Å². The van der Waals surface area contributed by atoms with Crippen molar-refractivity contribution < 1.29 is 23.6 Å². The number of carboxylic acid groups (broad SMARTS) is 1. The fraction of sp³-hybridized carbons (Fsp3) is 0.667. The molecule has 0 bridgehead atoms. The van der Waals surface area contributed by atoms with Crippen molar-refractivity contribution in [3.05, 3.63) is 24.3 Å². The number of hydrogen-bond acceptors (Lipinski definition) is 3. The van der Waals surface area contributed by atoms with Crippen molar-refractivity contribution >= 4 is 31.8 Å². The molecule has 0 saturated heterocycles. The van der Waals surface area contributed by atoms with E-state index < -0.39 is 14.4 Å². The Kier molecular flexibility index (Phi) is 7.21. The molecule has 1 aliphatic rings. The van der Waals surface area contributed by atoms with Crippen LogP contribution < -0.4 is 0 Å². The molecule has 0 aromatic rings. The van der Waals surface area contributed by atoms with E-state index in [1.807, 2.05) is 0 Å². The second-order valence-corrected chi connectivity index (χ2v) is 13.3. The smallest absolute Gasteiger partial charge is 0.435 e. The molecule has 0 aliphatic carbocycles. The van der Waals surface area contributed by atoms with Crippen molar-refractivity contribution in [1.82, 2.24) is 0 Å². The zero-order valence-corrected chi connectivity index (χ0v) is 17.7. The monoisotopic (exact) mass is 388 g/mol. The number of alkyl halides is 1. The van der Waals surface area contributed by atoms with Gasteiger partial charge in [-0.05, 0) is 30.3 Å². The van der Waals surface area contributed by atoms with Gasteiger partial charge in [0.2, 0.25) is 0 Å². The van der Waals surface area contributed by atoms with Crippen LogP contribution in [0.5, 0.6) is 0 Å². The minimum absolute atomic E-state index is 0.0314. The number of carbonyl (C=O) groups is 2. The first-order valence-corrected chi connectivity index (χ1v) is 12.0. The minimum Gasteiger partial charge on any atom is -0.435 e. The van der Waals surface area contributed by atoms with Gasteiger partial charge in [0, 0.05) is 12.0 Å². The Balaban J connectivity index is 3.14. The van der Waals surface area contributed by atoms with Crippen molar-refractivity contribution in [1.29, 1.82) is 0 Å². The van der Waals surface area contributed by atoms with E-state index in [2.05, 4.69) is 40.4 Å². The van der Waals surface area contributed by atoms with Gasteiger partial charge >= 0.3 is 6.09 Å². The lowest BCUT2D eigenvalue weighted by Crippen LogP contribution is -2.63. The Hall–Kier alpha value is -0.953. The average molecular weight is 389 g/mol. The van der Waals surface area contributed by atoms with Gasteiger partial charge in [0.05, 0.1) is 12.5 Å². The highest BCUT2D eigenvalue weighted by Gasteiger charge is 2.48. The first-order chi connectivity index (χ1) is 11.4. The SMILES string of the molecule is C=CC[N+]1(C(=O)O)CC=C(C(=O)CCl)C[C@@H]1CO[Si](C)(C)C(C)(C)C. The van der Waals surface area contributed by atoms with Crippen molar-refractivity contribution in [3.63, 3.8) is 0 Å². The van der Waals surface area contributed by atoms with Gasteiger partial charge in [-0.2, -0.15) is 4.79 Å². The summed E-state index contributed by atoms with van der Waals surface area (Å²) in [6, 6.07) is -0.336. The average Bonchev–Trinajstić information content (AvgIpc) is 2.51. The Bertz CT molecular complexity index is 568. The van der Waals surface area contributed by atoms with Crippen molar-refractivity contribution in [3.8, 4) is 0 Å². The number of amides is 1. The third kappa shape index (κ3) is 4.81. The molecule has 1 amide bonds. The van der Waals surface area contributed by atoms with Crippen LogP contribution in [0.15, 0.2) is 24.3 Å². The maximum absolute atomic E-state index is 12.1. The molecule has 0 radical (unpaired) electrons. The zero-order valence-electron chi connectivity index (χ0n) is 16.0. The first kappa shape index (κ1) is 22.1. The quantitative estimate of drug-likeness (QED) is 0.307. The first-order valence-electron chi connectivity index (χ1n) is 8.54. The van der Waals surface area contributed by atoms with Crippen molar-refractivity contribution in [2.24, 2.45) is 0 Å². The molecule has 1 aliphatic heterocycles. The summed E-state index contributed by atoms with van der Waals surface area (Å²) in [6.07, 6.45) is 2.78. The Morgan fingerprint density at radius 3 is 2.52 bits per heavy atom. The second-order valence-electron chi connectivity index (χ2n) is 8.19. The van der Waals surface area contributed by atoms with E-state index >= 15 is 0 Å². The molecule has 1 N–H and O–H groups in total. The Morgan fingerprint density at radius 1 is 1.48 bits per heavy atom. The van der Waals surface area contributed by atoms with E-state index in [9.17, 15) is 14.7 Å². The highest BCUT2D eigenvalue weighted by molar-refractivity contribution is 6.74. The van der Waals surface area contributed by atoms with Crippen LogP contribution in [-0.2, 0) is 9.22 Å². The van der Waals surface area contributed by atoms with Crippen LogP contribution >= 0.6 is 11.6 Å². The molecule has 2 atom stereocenters. The lowest BCUT2D eigenvalue weighted by atomic mass is 9.95. The topological polar surface area (TPSA) is 63.6 Å². The summed E-state index contributed by atoms with van der Waals surface area (Å²) < 4.78 is 6.12. The standard InChI is InChI=1S/C18H30ClNO4Si/c1-7-9-20(17(22)23)10-8-14(16(21)12-19)11-15(20)13-24-25(5,6)18(2,3)4/h7-8,15H,1,9-13H2,2-6H3/p+1/t15-,20?/m1/s1. The molecule has 0 saturated carbocycles. The van der Waals surface area contributed by atoms with E-state index in [4.69, 9.17) is 16.0 Å². The maximum atomic E-state index is 12.1. The molecule has 0 aromatic carbocycles. The molecule has 5 nitrogen and oxygen atoms in total. The van der Waals surface area contributed by atoms with E-state index in [1.165, 1.54) is 0 Å². The number of Topliss-reactive ketones (excluding diaryl/α,β-unsaturated/α-hetero) is 1. The molecular weight excluding hydrogens is 358 g/mol. The lowest BCUT2D eigenvalue weighted by Gasteiger charge is -2.43. The molecule has 1 heterocycles. The largest absolute Gasteiger partial charge is 0.514 e. The fourth-order valence-corrected chi connectivity index (χ4v) is 3.95. The van der Waals surface area contributed by atoms with Gasteiger partial charge in [-0.15, -0.1) is 11.6 Å². The highest BCUT2D eigenvalue weighted by atomic mass is 35.5. The summed E-state index contributed by atoms with van der Waals surface area (Å²) in [5, 5.41) is 9.93. The summed E-state index contributed by atoms with van der Waals surface area (Å²) in [5.74, 6) is -0.225. The number of carbonyl (C=O) groups excluding carboxylic acids is 1. The number of halogens is 1. The molecule has 1 rings (SSSR count). The minimum atomic E-state index is -2.03. The summed E-state index contributed by atoms with van der Waals surface area (Å²) in [4.78, 5) is 24.1. The molecule has 1 unspecified atom stereocenters. The number of hydrogen-bond donors (Lipinski definition) is 1. The number of nitrogens with zero attached hydrogens (tertiary/aromatic N) is 1. The van der Waals surface area contributed by atoms with Crippen LogP contribution in [0, 0.1) is 0 Å². The van der Waals surface area contributed by atoms with Gasteiger partial charge < -0.3 is 9.53 Å². The molecule has 142 valence electrons. The summed E-state index contributed by atoms with van der Waals surface area (Å²) in [5.41, 5.74) is 0.609. The number of quaternary nitrogens is 1. The highest BCUT2D eigenvalue weighted by Crippen LogP contribution is 2.37. The lowest BCUT2D eigenvalue weighted by molar-refractivity contribution is -0.873. The zero-order chi connectivity index (χ0) is 19.5. The molecule has 0 spiro atoms. The number of rotatable bonds is 7. The van der Waals surface area contributed by atoms with Gasteiger partial charge in [0.25, 0.3) is 0 Å². The normalized spacial score (nSPS) is 24.6. The van der Waals surface area contributed by atoms with E-state index in [0.717, 1.165) is 0 Å². The van der Waals surface area contributed by atoms with Gasteiger partial charge in [0.1, 0.15) is 19.1 Å². The number of ketones is 1. The second kappa shape index (κ2) is 8.16.